The Bertz CT molecular complexity index is 2420. The molecule has 0 bridgehead atoms. The summed E-state index contributed by atoms with van der Waals surface area (Å²) in [6, 6.07) is 15.2. The Morgan fingerprint density at radius 3 is 2.32 bits per heavy atom. The quantitative estimate of drug-likeness (QED) is 0.133. The average molecular weight is 858 g/mol. The van der Waals surface area contributed by atoms with Crippen molar-refractivity contribution in [3.05, 3.63) is 88.3 Å². The lowest BCUT2D eigenvalue weighted by molar-refractivity contribution is -0.136. The first-order valence-electron chi connectivity index (χ1n) is 19.9. The van der Waals surface area contributed by atoms with Gasteiger partial charge in [0.1, 0.15) is 29.8 Å². The van der Waals surface area contributed by atoms with Gasteiger partial charge in [-0.2, -0.15) is 4.98 Å². The summed E-state index contributed by atoms with van der Waals surface area (Å²) >= 11 is 6.47. The molecule has 60 heavy (non-hydrogen) atoms. The number of carbonyl (C=O) groups excluding carboxylic acids is 4. The maximum absolute atomic E-state index is 15.4. The molecule has 4 aliphatic rings. The number of hydrogen-bond donors (Lipinski definition) is 3. The third-order valence-corrected chi connectivity index (χ3v) is 13.5. The van der Waals surface area contributed by atoms with Crippen LogP contribution in [-0.4, -0.2) is 120 Å². The minimum atomic E-state index is -2.57. The second-order valence-corrected chi connectivity index (χ2v) is 19.5. The number of halogens is 2. The van der Waals surface area contributed by atoms with Crippen molar-refractivity contribution in [3.8, 4) is 5.75 Å². The number of imide groups is 2. The summed E-state index contributed by atoms with van der Waals surface area (Å²) in [5.41, 5.74) is 2.73. The lowest BCUT2D eigenvalue weighted by Crippen LogP contribution is -2.54. The van der Waals surface area contributed by atoms with Gasteiger partial charge in [-0.25, -0.2) is 9.37 Å². The number of rotatable bonds is 11. The molecule has 1 unspecified atom stereocenters. The third kappa shape index (κ3) is 8.46. The molecule has 0 radical (unpaired) electrons. The molecular formula is C42H46ClFN9O6P. The lowest BCUT2D eigenvalue weighted by atomic mass is 10.00. The summed E-state index contributed by atoms with van der Waals surface area (Å²) in [6.45, 7) is 8.67. The van der Waals surface area contributed by atoms with Crippen molar-refractivity contribution in [1.82, 2.24) is 30.0 Å². The highest BCUT2D eigenvalue weighted by Crippen LogP contribution is 2.39. The predicted octanol–water partition coefficient (Wildman–Crippen LogP) is 5.20. The highest BCUT2D eigenvalue weighted by atomic mass is 35.5. The maximum Gasteiger partial charge on any atom is 0.262 e. The first kappa shape index (κ1) is 41.3. The van der Waals surface area contributed by atoms with Crippen molar-refractivity contribution in [2.45, 2.75) is 44.3 Å². The smallest absolute Gasteiger partial charge is 0.262 e. The maximum atomic E-state index is 15.4. The number of ether oxygens (including phenoxy) is 1. The van der Waals surface area contributed by atoms with Crippen molar-refractivity contribution in [2.75, 3.05) is 75.2 Å². The van der Waals surface area contributed by atoms with Crippen molar-refractivity contribution in [2.24, 2.45) is 0 Å². The van der Waals surface area contributed by atoms with Gasteiger partial charge in [0.25, 0.3) is 11.8 Å². The molecule has 18 heteroatoms. The highest BCUT2D eigenvalue weighted by molar-refractivity contribution is 7.70. The van der Waals surface area contributed by atoms with Gasteiger partial charge in [-0.15, -0.1) is 0 Å². The zero-order valence-electron chi connectivity index (χ0n) is 33.5. The van der Waals surface area contributed by atoms with Gasteiger partial charge in [-0.3, -0.25) is 39.2 Å². The van der Waals surface area contributed by atoms with Crippen LogP contribution in [0.3, 0.4) is 0 Å². The van der Waals surface area contributed by atoms with Crippen LogP contribution in [-0.2, 0) is 20.7 Å². The number of likely N-dealkylation sites (tertiary alicyclic amines) is 1. The summed E-state index contributed by atoms with van der Waals surface area (Å²) in [5, 5.41) is 9.67. The minimum Gasteiger partial charge on any atom is -0.494 e. The van der Waals surface area contributed by atoms with E-state index in [9.17, 15) is 23.7 Å². The van der Waals surface area contributed by atoms with Crippen LogP contribution in [0.15, 0.2) is 60.8 Å². The Hall–Kier alpha value is -5.41. The molecule has 314 valence electrons. The van der Waals surface area contributed by atoms with E-state index in [0.29, 0.717) is 57.4 Å². The molecule has 0 saturated carbocycles. The molecule has 3 fully saturated rings. The molecule has 0 aliphatic carbocycles. The van der Waals surface area contributed by atoms with Gasteiger partial charge in [0.05, 0.1) is 35.8 Å². The van der Waals surface area contributed by atoms with Gasteiger partial charge in [0.15, 0.2) is 5.82 Å². The zero-order chi connectivity index (χ0) is 42.3. The van der Waals surface area contributed by atoms with Gasteiger partial charge in [0.2, 0.25) is 17.8 Å². The molecule has 0 spiro atoms. The van der Waals surface area contributed by atoms with E-state index in [1.54, 1.807) is 20.4 Å². The SMILES string of the molecule is COc1cc(N2CCN(C3CCN(Cc4cc5c(cc4F)C(=O)N(C4CCC(=O)NC4=O)C5=O)CC3)CC2)ccc1Nc1ncc(Cl)c(Nc2ccccc2P(C)(C)=O)n1. The molecule has 4 amide bonds. The zero-order valence-corrected chi connectivity index (χ0v) is 35.2. The van der Waals surface area contributed by atoms with Gasteiger partial charge < -0.3 is 24.8 Å². The van der Waals surface area contributed by atoms with E-state index in [1.165, 1.54) is 12.3 Å². The van der Waals surface area contributed by atoms with Crippen LogP contribution in [0.4, 0.5) is 33.2 Å². The highest BCUT2D eigenvalue weighted by Gasteiger charge is 2.45. The van der Waals surface area contributed by atoms with Crippen LogP contribution in [0.2, 0.25) is 5.02 Å². The van der Waals surface area contributed by atoms with E-state index < -0.39 is 42.6 Å². The van der Waals surface area contributed by atoms with Gasteiger partial charge in [-0.05, 0) is 82.1 Å². The number of nitrogens with one attached hydrogen (secondary N) is 3. The summed E-state index contributed by atoms with van der Waals surface area (Å²) in [4.78, 5) is 67.3. The molecule has 5 heterocycles. The van der Waals surface area contributed by atoms with Crippen molar-refractivity contribution in [3.63, 3.8) is 0 Å². The van der Waals surface area contributed by atoms with Gasteiger partial charge >= 0.3 is 0 Å². The first-order chi connectivity index (χ1) is 28.8. The van der Waals surface area contributed by atoms with Crippen LogP contribution in [0.1, 0.15) is 52.0 Å². The van der Waals surface area contributed by atoms with Crippen molar-refractivity contribution in [1.29, 1.82) is 0 Å². The number of anilines is 5. The number of amides is 4. The van der Waals surface area contributed by atoms with Crippen LogP contribution in [0.5, 0.6) is 5.75 Å². The Balaban J connectivity index is 0.844. The molecule has 3 N–H and O–H groups in total. The fraction of sp³-hybridized carbons (Fsp3) is 0.381. The number of para-hydroxylation sites is 1. The monoisotopic (exact) mass is 857 g/mol. The molecule has 1 aromatic heterocycles. The van der Waals surface area contributed by atoms with E-state index in [1.807, 2.05) is 42.5 Å². The number of piperidine rings is 2. The summed E-state index contributed by atoms with van der Waals surface area (Å²) < 4.78 is 34.1. The molecule has 8 rings (SSSR count). The van der Waals surface area contributed by atoms with E-state index in [2.05, 4.69) is 40.6 Å². The van der Waals surface area contributed by atoms with Crippen molar-refractivity contribution < 1.29 is 32.9 Å². The van der Waals surface area contributed by atoms with Gasteiger partial charge in [-0.1, -0.05) is 23.7 Å². The lowest BCUT2D eigenvalue weighted by Gasteiger charge is -2.43. The van der Waals surface area contributed by atoms with Crippen LogP contribution in [0, 0.1) is 5.82 Å². The molecule has 4 aliphatic heterocycles. The third-order valence-electron chi connectivity index (χ3n) is 11.7. The summed E-state index contributed by atoms with van der Waals surface area (Å²) in [5.74, 6) is -1.77. The summed E-state index contributed by atoms with van der Waals surface area (Å²) in [6.07, 6.45) is 3.39. The Kier molecular flexibility index (Phi) is 11.7. The number of fused-ring (bicyclic) bond motifs is 1. The molecular weight excluding hydrogens is 812 g/mol. The van der Waals surface area contributed by atoms with Crippen LogP contribution in [0.25, 0.3) is 0 Å². The van der Waals surface area contributed by atoms with Crippen LogP contribution >= 0.6 is 18.7 Å². The van der Waals surface area contributed by atoms with E-state index in [-0.39, 0.29) is 24.0 Å². The number of methoxy groups -OCH3 is 1. The Morgan fingerprint density at radius 2 is 1.62 bits per heavy atom. The average Bonchev–Trinajstić information content (AvgIpc) is 3.46. The number of piperazine rings is 1. The summed E-state index contributed by atoms with van der Waals surface area (Å²) in [7, 11) is -0.952. The normalized spacial score (nSPS) is 19.4. The molecule has 3 saturated heterocycles. The van der Waals surface area contributed by atoms with E-state index in [0.717, 1.165) is 68.8 Å². The molecule has 1 atom stereocenters. The van der Waals surface area contributed by atoms with Crippen LogP contribution < -0.4 is 30.9 Å². The number of benzene rings is 3. The predicted molar refractivity (Wildman–Crippen MR) is 227 cm³/mol. The topological polar surface area (TPSA) is 169 Å². The first-order valence-corrected chi connectivity index (χ1v) is 22.9. The number of hydrogen-bond acceptors (Lipinski definition) is 13. The molecule has 15 nitrogen and oxygen atoms in total. The van der Waals surface area contributed by atoms with Crippen molar-refractivity contribution >= 4 is 76.5 Å². The second-order valence-electron chi connectivity index (χ2n) is 15.9. The largest absolute Gasteiger partial charge is 0.494 e. The molecule has 3 aromatic carbocycles. The second kappa shape index (κ2) is 16.9. The number of nitrogens with zero attached hydrogens (tertiary/aromatic N) is 6. The fourth-order valence-electron chi connectivity index (χ4n) is 8.48. The fourth-order valence-corrected chi connectivity index (χ4v) is 9.77. The Labute approximate surface area is 352 Å². The minimum absolute atomic E-state index is 0.0166. The van der Waals surface area contributed by atoms with E-state index >= 15 is 4.39 Å². The Morgan fingerprint density at radius 1 is 0.900 bits per heavy atom. The molecule has 4 aromatic rings. The standard InChI is InChI=1S/C42H46ClFN9O6P/c1-59-35-21-27(8-9-32(35)47-42-45-23-30(43)38(49-42)46-33-6-4-5-7-36(33)60(2,3)58)52-18-16-51(17-19-52)26-12-14-50(15-13-26)24-25-20-28-29(22-31(25)44)41(57)53(40(28)56)34-10-11-37(54)48-39(34)55/h4-9,20-23,26,34H,10-19,24H2,1-3H3,(H,48,54,55)(H2,45,46,47,49). The number of aromatic nitrogens is 2. The van der Waals surface area contributed by atoms with Gasteiger partial charge in [0, 0.05) is 67.8 Å². The van der Waals surface area contributed by atoms with E-state index in [4.69, 9.17) is 16.3 Å². The number of carbonyl (C=O) groups is 4.